The molecule has 19 heavy (non-hydrogen) atoms. The van der Waals surface area contributed by atoms with Crippen LogP contribution in [0.15, 0.2) is 11.6 Å². The molecule has 1 heterocycles. The fourth-order valence-electron chi connectivity index (χ4n) is 2.92. The second kappa shape index (κ2) is 4.59. The van der Waals surface area contributed by atoms with Gasteiger partial charge in [-0.1, -0.05) is 12.8 Å². The number of carbonyl (C=O) groups excluding carboxylic acids is 1. The molecule has 1 aromatic rings. The number of thiazole rings is 1. The van der Waals surface area contributed by atoms with Crippen LogP contribution in [-0.2, 0) is 15.1 Å². The molecule has 2 aliphatic rings. The van der Waals surface area contributed by atoms with E-state index in [1.165, 1.54) is 0 Å². The van der Waals surface area contributed by atoms with Gasteiger partial charge in [0.1, 0.15) is 5.01 Å². The van der Waals surface area contributed by atoms with Gasteiger partial charge in [0.15, 0.2) is 0 Å². The Bertz CT molecular complexity index is 494. The molecule has 102 valence electrons. The minimum atomic E-state index is -0.866. The largest absolute Gasteiger partial charge is 0.481 e. The molecular formula is C13H16N2O3S. The third-order valence-electron chi connectivity index (χ3n) is 4.11. The SMILES string of the molecule is O=C(O)[C@@H]1C[C@H]1C(=O)NC1(c2nccs2)CCCC1. The highest BCUT2D eigenvalue weighted by Gasteiger charge is 2.51. The predicted octanol–water partition coefficient (Wildman–Crippen LogP) is 1.75. The monoisotopic (exact) mass is 280 g/mol. The number of hydrogen-bond donors (Lipinski definition) is 2. The summed E-state index contributed by atoms with van der Waals surface area (Å²) in [6.07, 6.45) is 6.17. The molecule has 0 radical (unpaired) electrons. The number of nitrogens with zero attached hydrogens (tertiary/aromatic N) is 1. The van der Waals surface area contributed by atoms with Crippen molar-refractivity contribution in [1.82, 2.24) is 10.3 Å². The number of aromatic nitrogens is 1. The van der Waals surface area contributed by atoms with Crippen molar-refractivity contribution in [3.8, 4) is 0 Å². The minimum Gasteiger partial charge on any atom is -0.481 e. The maximum atomic E-state index is 12.2. The van der Waals surface area contributed by atoms with Crippen LogP contribution in [0, 0.1) is 11.8 Å². The fraction of sp³-hybridized carbons (Fsp3) is 0.615. The molecule has 0 spiro atoms. The Morgan fingerprint density at radius 3 is 2.63 bits per heavy atom. The Morgan fingerprint density at radius 2 is 2.11 bits per heavy atom. The topological polar surface area (TPSA) is 79.3 Å². The molecule has 1 amide bonds. The molecule has 6 heteroatoms. The summed E-state index contributed by atoms with van der Waals surface area (Å²) in [6, 6.07) is 0. The van der Waals surface area contributed by atoms with Gasteiger partial charge in [0.05, 0.1) is 17.4 Å². The number of amides is 1. The normalized spacial score (nSPS) is 28.0. The molecule has 0 aromatic carbocycles. The molecule has 2 fully saturated rings. The van der Waals surface area contributed by atoms with E-state index in [0.29, 0.717) is 6.42 Å². The van der Waals surface area contributed by atoms with Crippen LogP contribution in [0.3, 0.4) is 0 Å². The van der Waals surface area contributed by atoms with E-state index in [2.05, 4.69) is 10.3 Å². The quantitative estimate of drug-likeness (QED) is 0.880. The summed E-state index contributed by atoms with van der Waals surface area (Å²) >= 11 is 1.56. The first-order valence-corrected chi connectivity index (χ1v) is 7.45. The van der Waals surface area contributed by atoms with E-state index in [1.54, 1.807) is 17.5 Å². The van der Waals surface area contributed by atoms with E-state index in [1.807, 2.05) is 5.38 Å². The van der Waals surface area contributed by atoms with Crippen molar-refractivity contribution in [3.05, 3.63) is 16.6 Å². The summed E-state index contributed by atoms with van der Waals surface area (Å²) in [5.41, 5.74) is -0.350. The summed E-state index contributed by atoms with van der Waals surface area (Å²) in [4.78, 5) is 27.4. The van der Waals surface area contributed by atoms with Gasteiger partial charge in [0.25, 0.3) is 0 Å². The predicted molar refractivity (Wildman–Crippen MR) is 69.6 cm³/mol. The zero-order valence-corrected chi connectivity index (χ0v) is 11.3. The number of hydrogen-bond acceptors (Lipinski definition) is 4. The Balaban J connectivity index is 1.73. The first-order valence-electron chi connectivity index (χ1n) is 6.57. The van der Waals surface area contributed by atoms with Crippen LogP contribution in [0.25, 0.3) is 0 Å². The lowest BCUT2D eigenvalue weighted by atomic mass is 9.98. The van der Waals surface area contributed by atoms with Crippen molar-refractivity contribution < 1.29 is 14.7 Å². The minimum absolute atomic E-state index is 0.121. The molecule has 2 atom stereocenters. The van der Waals surface area contributed by atoms with E-state index in [4.69, 9.17) is 5.11 Å². The lowest BCUT2D eigenvalue weighted by Crippen LogP contribution is -2.44. The molecule has 0 saturated heterocycles. The van der Waals surface area contributed by atoms with Crippen LogP contribution >= 0.6 is 11.3 Å². The Labute approximate surface area is 115 Å². The molecule has 0 unspecified atom stereocenters. The number of carboxylic acids is 1. The van der Waals surface area contributed by atoms with Gasteiger partial charge >= 0.3 is 5.97 Å². The van der Waals surface area contributed by atoms with Crippen molar-refractivity contribution in [1.29, 1.82) is 0 Å². The van der Waals surface area contributed by atoms with Crippen molar-refractivity contribution in [2.75, 3.05) is 0 Å². The lowest BCUT2D eigenvalue weighted by Gasteiger charge is -2.28. The molecule has 2 saturated carbocycles. The number of carboxylic acid groups (broad SMARTS) is 1. The molecule has 0 bridgehead atoms. The second-order valence-electron chi connectivity index (χ2n) is 5.40. The van der Waals surface area contributed by atoms with Crippen molar-refractivity contribution >= 4 is 23.2 Å². The molecule has 5 nitrogen and oxygen atoms in total. The molecule has 1 aromatic heterocycles. The van der Waals surface area contributed by atoms with E-state index >= 15 is 0 Å². The van der Waals surface area contributed by atoms with E-state index in [9.17, 15) is 9.59 Å². The van der Waals surface area contributed by atoms with Gasteiger partial charge in [-0.25, -0.2) is 4.98 Å². The first-order chi connectivity index (χ1) is 9.12. The van der Waals surface area contributed by atoms with Gasteiger partial charge in [0, 0.05) is 11.6 Å². The average molecular weight is 280 g/mol. The van der Waals surface area contributed by atoms with Gasteiger partial charge in [-0.15, -0.1) is 11.3 Å². The van der Waals surface area contributed by atoms with Gasteiger partial charge in [-0.05, 0) is 19.3 Å². The maximum Gasteiger partial charge on any atom is 0.307 e. The first kappa shape index (κ1) is 12.6. The van der Waals surface area contributed by atoms with Crippen LogP contribution in [0.5, 0.6) is 0 Å². The Kier molecular flexibility index (Phi) is 3.05. The third kappa shape index (κ3) is 2.25. The number of rotatable bonds is 4. The highest BCUT2D eigenvalue weighted by atomic mass is 32.1. The van der Waals surface area contributed by atoms with Crippen LogP contribution < -0.4 is 5.32 Å². The van der Waals surface area contributed by atoms with Gasteiger partial charge < -0.3 is 10.4 Å². The van der Waals surface area contributed by atoms with Gasteiger partial charge in [0.2, 0.25) is 5.91 Å². The zero-order valence-electron chi connectivity index (χ0n) is 10.5. The van der Waals surface area contributed by atoms with Crippen LogP contribution in [-0.4, -0.2) is 22.0 Å². The lowest BCUT2D eigenvalue weighted by molar-refractivity contribution is -0.140. The zero-order chi connectivity index (χ0) is 13.5. The summed E-state index contributed by atoms with van der Waals surface area (Å²) in [5, 5.41) is 14.8. The van der Waals surface area contributed by atoms with Crippen molar-refractivity contribution in [2.24, 2.45) is 11.8 Å². The molecule has 2 N–H and O–H groups in total. The van der Waals surface area contributed by atoms with Crippen LogP contribution in [0.4, 0.5) is 0 Å². The van der Waals surface area contributed by atoms with Gasteiger partial charge in [-0.2, -0.15) is 0 Å². The summed E-state index contributed by atoms with van der Waals surface area (Å²) < 4.78 is 0. The maximum absolute atomic E-state index is 12.2. The Hall–Kier alpha value is -1.43. The highest BCUT2D eigenvalue weighted by Crippen LogP contribution is 2.43. The molecule has 0 aliphatic heterocycles. The van der Waals surface area contributed by atoms with E-state index in [0.717, 1.165) is 30.7 Å². The second-order valence-corrected chi connectivity index (χ2v) is 6.30. The van der Waals surface area contributed by atoms with Crippen molar-refractivity contribution in [3.63, 3.8) is 0 Å². The molecule has 2 aliphatic carbocycles. The number of carbonyl (C=O) groups is 2. The number of nitrogens with one attached hydrogen (secondary N) is 1. The molecule has 3 rings (SSSR count). The van der Waals surface area contributed by atoms with Crippen LogP contribution in [0.1, 0.15) is 37.1 Å². The third-order valence-corrected chi connectivity index (χ3v) is 5.08. The highest BCUT2D eigenvalue weighted by molar-refractivity contribution is 7.09. The standard InChI is InChI=1S/C13H16N2O3S/c16-10(8-7-9(8)11(17)18)15-13(3-1-2-4-13)12-14-5-6-19-12/h5-6,8-9H,1-4,7H2,(H,15,16)(H,17,18)/t8-,9-/m1/s1. The van der Waals surface area contributed by atoms with Crippen molar-refractivity contribution in [2.45, 2.75) is 37.6 Å². The van der Waals surface area contributed by atoms with Crippen LogP contribution in [0.2, 0.25) is 0 Å². The fourth-order valence-corrected chi connectivity index (χ4v) is 3.77. The van der Waals surface area contributed by atoms with E-state index < -0.39 is 11.9 Å². The number of aliphatic carboxylic acids is 1. The molecular weight excluding hydrogens is 264 g/mol. The Morgan fingerprint density at radius 1 is 1.37 bits per heavy atom. The summed E-state index contributed by atoms with van der Waals surface area (Å²) in [7, 11) is 0. The average Bonchev–Trinajstić information content (AvgIpc) is 2.79. The van der Waals surface area contributed by atoms with Gasteiger partial charge in [-0.3, -0.25) is 9.59 Å². The smallest absolute Gasteiger partial charge is 0.307 e. The summed E-state index contributed by atoms with van der Waals surface area (Å²) in [6.45, 7) is 0. The van der Waals surface area contributed by atoms with E-state index in [-0.39, 0.29) is 17.4 Å². The summed E-state index contributed by atoms with van der Waals surface area (Å²) in [5.74, 6) is -1.83.